The largest absolute Gasteiger partial charge is 0.392 e. The van der Waals surface area contributed by atoms with Gasteiger partial charge in [-0.15, -0.1) is 0 Å². The summed E-state index contributed by atoms with van der Waals surface area (Å²) in [5, 5.41) is 10.5. The van der Waals surface area contributed by atoms with Gasteiger partial charge in [-0.25, -0.2) is 9.97 Å². The molecule has 1 N–H and O–H groups in total. The SMILES string of the molecule is CC(O)C(C)Sc1ncc(Cl)cn1. The molecule has 0 spiro atoms. The summed E-state index contributed by atoms with van der Waals surface area (Å²) in [5.74, 6) is 0. The van der Waals surface area contributed by atoms with Crippen molar-refractivity contribution >= 4 is 23.4 Å². The molecule has 72 valence electrons. The second kappa shape index (κ2) is 4.79. The molecule has 2 unspecified atom stereocenters. The molecule has 13 heavy (non-hydrogen) atoms. The Balaban J connectivity index is 2.59. The fourth-order valence-electron chi connectivity index (χ4n) is 0.626. The highest BCUT2D eigenvalue weighted by molar-refractivity contribution is 7.99. The minimum Gasteiger partial charge on any atom is -0.392 e. The van der Waals surface area contributed by atoms with Crippen LogP contribution in [0.3, 0.4) is 0 Å². The van der Waals surface area contributed by atoms with E-state index in [-0.39, 0.29) is 11.4 Å². The predicted molar refractivity (Wildman–Crippen MR) is 54.0 cm³/mol. The van der Waals surface area contributed by atoms with Crippen LogP contribution in [0.25, 0.3) is 0 Å². The van der Waals surface area contributed by atoms with Gasteiger partial charge in [0.2, 0.25) is 0 Å². The second-order valence-electron chi connectivity index (χ2n) is 2.75. The van der Waals surface area contributed by atoms with Crippen molar-refractivity contribution in [3.8, 4) is 0 Å². The average Bonchev–Trinajstić information content (AvgIpc) is 2.08. The number of hydrogen-bond donors (Lipinski definition) is 1. The number of rotatable bonds is 3. The standard InChI is InChI=1S/C8H11ClN2OS/c1-5(12)6(2)13-8-10-3-7(9)4-11-8/h3-6,12H,1-2H3. The number of nitrogens with zero attached hydrogens (tertiary/aromatic N) is 2. The molecule has 0 aliphatic rings. The lowest BCUT2D eigenvalue weighted by molar-refractivity contribution is 0.196. The number of hydrogen-bond acceptors (Lipinski definition) is 4. The Bertz CT molecular complexity index is 265. The van der Waals surface area contributed by atoms with Gasteiger partial charge in [-0.2, -0.15) is 0 Å². The van der Waals surface area contributed by atoms with Gasteiger partial charge in [-0.1, -0.05) is 30.3 Å². The normalized spacial score (nSPS) is 15.4. The number of halogens is 1. The number of aliphatic hydroxyl groups is 1. The molecule has 1 aromatic rings. The highest BCUT2D eigenvalue weighted by atomic mass is 35.5. The van der Waals surface area contributed by atoms with E-state index >= 15 is 0 Å². The number of aromatic nitrogens is 2. The summed E-state index contributed by atoms with van der Waals surface area (Å²) in [6, 6.07) is 0. The van der Waals surface area contributed by atoms with Gasteiger partial charge in [-0.3, -0.25) is 0 Å². The lowest BCUT2D eigenvalue weighted by Gasteiger charge is -2.11. The van der Waals surface area contributed by atoms with Gasteiger partial charge in [0.15, 0.2) is 5.16 Å². The third-order valence-electron chi connectivity index (χ3n) is 1.57. The van der Waals surface area contributed by atoms with Crippen LogP contribution in [0.15, 0.2) is 17.6 Å². The van der Waals surface area contributed by atoms with Gasteiger partial charge < -0.3 is 5.11 Å². The topological polar surface area (TPSA) is 46.0 Å². The molecule has 0 aliphatic carbocycles. The summed E-state index contributed by atoms with van der Waals surface area (Å²) in [6.07, 6.45) is 2.72. The molecule has 3 nitrogen and oxygen atoms in total. The molecular formula is C8H11ClN2OS. The molecule has 1 heterocycles. The van der Waals surface area contributed by atoms with Crippen LogP contribution >= 0.6 is 23.4 Å². The fourth-order valence-corrected chi connectivity index (χ4v) is 1.48. The van der Waals surface area contributed by atoms with Crippen molar-refractivity contribution in [2.75, 3.05) is 0 Å². The van der Waals surface area contributed by atoms with Crippen LogP contribution in [0.5, 0.6) is 0 Å². The Morgan fingerprint density at radius 2 is 1.92 bits per heavy atom. The van der Waals surface area contributed by atoms with E-state index in [9.17, 15) is 5.11 Å². The smallest absolute Gasteiger partial charge is 0.187 e. The maximum atomic E-state index is 9.23. The van der Waals surface area contributed by atoms with Crippen molar-refractivity contribution in [1.29, 1.82) is 0 Å². The van der Waals surface area contributed by atoms with E-state index in [0.29, 0.717) is 10.2 Å². The lowest BCUT2D eigenvalue weighted by Crippen LogP contribution is -2.15. The Morgan fingerprint density at radius 1 is 1.38 bits per heavy atom. The molecule has 0 fully saturated rings. The monoisotopic (exact) mass is 218 g/mol. The van der Waals surface area contributed by atoms with Crippen LogP contribution in [-0.4, -0.2) is 26.4 Å². The van der Waals surface area contributed by atoms with E-state index < -0.39 is 0 Å². The molecule has 5 heteroatoms. The molecule has 0 saturated carbocycles. The van der Waals surface area contributed by atoms with E-state index in [1.807, 2.05) is 6.92 Å². The van der Waals surface area contributed by atoms with Crippen molar-refractivity contribution in [1.82, 2.24) is 9.97 Å². The van der Waals surface area contributed by atoms with Crippen molar-refractivity contribution < 1.29 is 5.11 Å². The van der Waals surface area contributed by atoms with Crippen LogP contribution in [-0.2, 0) is 0 Å². The molecule has 0 aliphatic heterocycles. The second-order valence-corrected chi connectivity index (χ2v) is 4.53. The summed E-state index contributed by atoms with van der Waals surface area (Å²) in [5.41, 5.74) is 0. The Hall–Kier alpha value is -0.320. The first kappa shape index (κ1) is 10.8. The third kappa shape index (κ3) is 3.50. The molecule has 0 radical (unpaired) electrons. The molecule has 1 rings (SSSR count). The fraction of sp³-hybridized carbons (Fsp3) is 0.500. The molecule has 0 aromatic carbocycles. The summed E-state index contributed by atoms with van der Waals surface area (Å²) in [6.45, 7) is 3.67. The summed E-state index contributed by atoms with van der Waals surface area (Å²) < 4.78 is 0. The zero-order valence-corrected chi connectivity index (χ0v) is 9.01. The first-order valence-corrected chi connectivity index (χ1v) is 5.17. The van der Waals surface area contributed by atoms with Crippen LogP contribution < -0.4 is 0 Å². The molecule has 0 bridgehead atoms. The van der Waals surface area contributed by atoms with Crippen LogP contribution in [0.1, 0.15) is 13.8 Å². The van der Waals surface area contributed by atoms with Gasteiger partial charge in [0.25, 0.3) is 0 Å². The molecule has 0 amide bonds. The van der Waals surface area contributed by atoms with E-state index in [1.165, 1.54) is 11.8 Å². The van der Waals surface area contributed by atoms with Crippen LogP contribution in [0.2, 0.25) is 5.02 Å². The van der Waals surface area contributed by atoms with Crippen molar-refractivity contribution in [3.63, 3.8) is 0 Å². The molecule has 2 atom stereocenters. The summed E-state index contributed by atoms with van der Waals surface area (Å²) in [7, 11) is 0. The van der Waals surface area contributed by atoms with E-state index in [2.05, 4.69) is 9.97 Å². The van der Waals surface area contributed by atoms with Gasteiger partial charge in [0, 0.05) is 5.25 Å². The maximum absolute atomic E-state index is 9.23. The van der Waals surface area contributed by atoms with Crippen molar-refractivity contribution in [3.05, 3.63) is 17.4 Å². The number of thioether (sulfide) groups is 1. The zero-order valence-electron chi connectivity index (χ0n) is 7.44. The Labute approximate surface area is 86.6 Å². The number of aliphatic hydroxyl groups excluding tert-OH is 1. The van der Waals surface area contributed by atoms with E-state index in [4.69, 9.17) is 11.6 Å². The summed E-state index contributed by atoms with van der Waals surface area (Å²) in [4.78, 5) is 8.02. The quantitative estimate of drug-likeness (QED) is 0.623. The molecular weight excluding hydrogens is 208 g/mol. The van der Waals surface area contributed by atoms with Crippen LogP contribution in [0.4, 0.5) is 0 Å². The molecule has 1 aromatic heterocycles. The van der Waals surface area contributed by atoms with Gasteiger partial charge >= 0.3 is 0 Å². The Morgan fingerprint density at radius 3 is 2.38 bits per heavy atom. The highest BCUT2D eigenvalue weighted by Crippen LogP contribution is 2.21. The van der Waals surface area contributed by atoms with Gasteiger partial charge in [0.1, 0.15) is 0 Å². The predicted octanol–water partition coefficient (Wildman–Crippen LogP) is 1.99. The average molecular weight is 219 g/mol. The van der Waals surface area contributed by atoms with E-state index in [0.717, 1.165) is 0 Å². The first-order valence-electron chi connectivity index (χ1n) is 3.92. The van der Waals surface area contributed by atoms with Gasteiger partial charge in [-0.05, 0) is 6.92 Å². The highest BCUT2D eigenvalue weighted by Gasteiger charge is 2.11. The minimum absolute atomic E-state index is 0.0844. The lowest BCUT2D eigenvalue weighted by atomic mass is 10.3. The van der Waals surface area contributed by atoms with Crippen molar-refractivity contribution in [2.24, 2.45) is 0 Å². The molecule has 0 saturated heterocycles. The van der Waals surface area contributed by atoms with Gasteiger partial charge in [0.05, 0.1) is 23.5 Å². The van der Waals surface area contributed by atoms with E-state index in [1.54, 1.807) is 19.3 Å². The van der Waals surface area contributed by atoms with Crippen molar-refractivity contribution in [2.45, 2.75) is 30.4 Å². The maximum Gasteiger partial charge on any atom is 0.187 e. The first-order chi connectivity index (χ1) is 6.09. The third-order valence-corrected chi connectivity index (χ3v) is 2.95. The summed E-state index contributed by atoms with van der Waals surface area (Å²) >= 11 is 7.06. The van der Waals surface area contributed by atoms with Crippen LogP contribution in [0, 0.1) is 0 Å². The zero-order chi connectivity index (χ0) is 9.84. The minimum atomic E-state index is -0.371. The Kier molecular flexibility index (Phi) is 3.96.